The van der Waals surface area contributed by atoms with E-state index < -0.39 is 10.0 Å². The van der Waals surface area contributed by atoms with E-state index >= 15 is 0 Å². The van der Waals surface area contributed by atoms with Crippen molar-refractivity contribution in [3.8, 4) is 0 Å². The number of benzene rings is 3. The van der Waals surface area contributed by atoms with Gasteiger partial charge in [-0.3, -0.25) is 19.4 Å². The molecular formula is C28H28ClN5O3S. The largest absolute Gasteiger partial charge is 0.336 e. The number of piperazine rings is 1. The standard InChI is InChI=1S/C28H28ClN5O3S/c29-24-7-1-4-20(16-24)19-33-12-14-34(15-13-33)28(35)22-9-10-25(23(17-22)18-30)32-38(36,37)26-8-2-5-21-6-3-11-31-27(21)26/h1-11,16-17,32H,12-15,18-19,30H2. The van der Waals surface area contributed by atoms with E-state index in [0.717, 1.165) is 30.6 Å². The number of rotatable bonds is 7. The Kier molecular flexibility index (Phi) is 7.62. The summed E-state index contributed by atoms with van der Waals surface area (Å²) in [7, 11) is -3.94. The lowest BCUT2D eigenvalue weighted by molar-refractivity contribution is 0.0628. The highest BCUT2D eigenvalue weighted by Gasteiger charge is 2.24. The first-order chi connectivity index (χ1) is 18.3. The number of sulfonamides is 1. The minimum Gasteiger partial charge on any atom is -0.336 e. The topological polar surface area (TPSA) is 109 Å². The average Bonchev–Trinajstić information content (AvgIpc) is 2.93. The average molecular weight is 550 g/mol. The number of amides is 1. The van der Waals surface area contributed by atoms with Crippen molar-refractivity contribution in [2.75, 3.05) is 30.9 Å². The number of fused-ring (bicyclic) bond motifs is 1. The van der Waals surface area contributed by atoms with Crippen molar-refractivity contribution in [3.05, 3.63) is 101 Å². The monoisotopic (exact) mass is 549 g/mol. The lowest BCUT2D eigenvalue weighted by Gasteiger charge is -2.35. The molecule has 4 aromatic rings. The number of nitrogens with zero attached hydrogens (tertiary/aromatic N) is 3. The molecule has 3 N–H and O–H groups in total. The molecule has 0 radical (unpaired) electrons. The summed E-state index contributed by atoms with van der Waals surface area (Å²) in [5, 5.41) is 1.44. The van der Waals surface area contributed by atoms with Crippen LogP contribution in [0.3, 0.4) is 0 Å². The zero-order chi connectivity index (χ0) is 26.7. The van der Waals surface area contributed by atoms with Crippen molar-refractivity contribution in [1.29, 1.82) is 0 Å². The summed E-state index contributed by atoms with van der Waals surface area (Å²) in [5.41, 5.74) is 8.83. The highest BCUT2D eigenvalue weighted by atomic mass is 35.5. The molecule has 0 unspecified atom stereocenters. The number of carbonyl (C=O) groups excluding carboxylic acids is 1. The van der Waals surface area contributed by atoms with Crippen molar-refractivity contribution in [2.24, 2.45) is 5.73 Å². The maximum Gasteiger partial charge on any atom is 0.264 e. The summed E-state index contributed by atoms with van der Waals surface area (Å²) in [6.45, 7) is 3.54. The van der Waals surface area contributed by atoms with Gasteiger partial charge in [-0.05, 0) is 53.6 Å². The Bertz CT molecular complexity index is 1580. The Balaban J connectivity index is 1.28. The van der Waals surface area contributed by atoms with Crippen LogP contribution in [0.25, 0.3) is 10.9 Å². The molecule has 0 aliphatic carbocycles. The van der Waals surface area contributed by atoms with E-state index in [9.17, 15) is 13.2 Å². The van der Waals surface area contributed by atoms with Crippen LogP contribution in [0, 0.1) is 0 Å². The third kappa shape index (κ3) is 5.66. The van der Waals surface area contributed by atoms with E-state index in [1.54, 1.807) is 36.5 Å². The molecule has 1 saturated heterocycles. The second-order valence-electron chi connectivity index (χ2n) is 9.21. The lowest BCUT2D eigenvalue weighted by Crippen LogP contribution is -2.48. The van der Waals surface area contributed by atoms with Crippen molar-refractivity contribution in [3.63, 3.8) is 0 Å². The molecule has 1 aliphatic rings. The molecule has 196 valence electrons. The van der Waals surface area contributed by atoms with Gasteiger partial charge in [0, 0.05) is 61.4 Å². The predicted molar refractivity (Wildman–Crippen MR) is 150 cm³/mol. The third-order valence-corrected chi connectivity index (χ3v) is 8.29. The van der Waals surface area contributed by atoms with Gasteiger partial charge in [-0.1, -0.05) is 41.9 Å². The number of pyridine rings is 1. The number of anilines is 1. The number of hydrogen-bond acceptors (Lipinski definition) is 6. The summed E-state index contributed by atoms with van der Waals surface area (Å²) in [5.74, 6) is -0.102. The molecular weight excluding hydrogens is 522 g/mol. The van der Waals surface area contributed by atoms with E-state index in [1.807, 2.05) is 41.3 Å². The van der Waals surface area contributed by atoms with Crippen LogP contribution in [0.5, 0.6) is 0 Å². The van der Waals surface area contributed by atoms with Crippen molar-refractivity contribution in [1.82, 2.24) is 14.8 Å². The third-order valence-electron chi connectivity index (χ3n) is 6.66. The summed E-state index contributed by atoms with van der Waals surface area (Å²) < 4.78 is 29.1. The zero-order valence-electron chi connectivity index (χ0n) is 20.7. The molecule has 38 heavy (non-hydrogen) atoms. The fourth-order valence-electron chi connectivity index (χ4n) is 4.67. The number of hydrogen-bond donors (Lipinski definition) is 2. The van der Waals surface area contributed by atoms with E-state index in [2.05, 4.69) is 14.6 Å². The number of para-hydroxylation sites is 1. The summed E-state index contributed by atoms with van der Waals surface area (Å²) in [6, 6.07) is 21.3. The minimum atomic E-state index is -3.94. The van der Waals surface area contributed by atoms with Crippen LogP contribution >= 0.6 is 11.6 Å². The molecule has 8 nitrogen and oxygen atoms in total. The van der Waals surface area contributed by atoms with Crippen LogP contribution in [0.15, 0.2) is 83.9 Å². The van der Waals surface area contributed by atoms with Crippen molar-refractivity contribution < 1.29 is 13.2 Å². The molecule has 1 aliphatic heterocycles. The second kappa shape index (κ2) is 11.1. The quantitative estimate of drug-likeness (QED) is 0.359. The molecule has 10 heteroatoms. The van der Waals surface area contributed by atoms with Crippen molar-refractivity contribution >= 4 is 44.1 Å². The normalized spacial score (nSPS) is 14.5. The summed E-state index contributed by atoms with van der Waals surface area (Å²) >= 11 is 6.10. The van der Waals surface area contributed by atoms with Crippen LogP contribution in [-0.4, -0.2) is 55.3 Å². The van der Waals surface area contributed by atoms with Gasteiger partial charge in [0.25, 0.3) is 15.9 Å². The first-order valence-electron chi connectivity index (χ1n) is 12.3. The fraction of sp³-hybridized carbons (Fsp3) is 0.214. The van der Waals surface area contributed by atoms with Crippen LogP contribution < -0.4 is 10.5 Å². The first kappa shape index (κ1) is 26.1. The van der Waals surface area contributed by atoms with Gasteiger partial charge in [0.05, 0.1) is 11.2 Å². The Labute approximate surface area is 227 Å². The predicted octanol–water partition coefficient (Wildman–Crippen LogP) is 4.11. The highest BCUT2D eigenvalue weighted by molar-refractivity contribution is 7.93. The zero-order valence-corrected chi connectivity index (χ0v) is 22.3. The van der Waals surface area contributed by atoms with E-state index in [0.29, 0.717) is 40.4 Å². The number of carbonyl (C=O) groups is 1. The molecule has 1 aromatic heterocycles. The molecule has 0 spiro atoms. The van der Waals surface area contributed by atoms with Crippen LogP contribution in [0.4, 0.5) is 5.69 Å². The van der Waals surface area contributed by atoms with Gasteiger partial charge in [0.1, 0.15) is 4.90 Å². The van der Waals surface area contributed by atoms with Gasteiger partial charge in [-0.15, -0.1) is 0 Å². The van der Waals surface area contributed by atoms with E-state index in [4.69, 9.17) is 17.3 Å². The van der Waals surface area contributed by atoms with Gasteiger partial charge in [0.2, 0.25) is 0 Å². The number of aromatic nitrogens is 1. The lowest BCUT2D eigenvalue weighted by atomic mass is 10.1. The molecule has 1 amide bonds. The van der Waals surface area contributed by atoms with Crippen LogP contribution in [0.1, 0.15) is 21.5 Å². The van der Waals surface area contributed by atoms with Gasteiger partial charge in [-0.2, -0.15) is 0 Å². The smallest absolute Gasteiger partial charge is 0.264 e. The maximum absolute atomic E-state index is 13.3. The van der Waals surface area contributed by atoms with Gasteiger partial charge >= 0.3 is 0 Å². The molecule has 2 heterocycles. The Morgan fingerprint density at radius 2 is 1.74 bits per heavy atom. The van der Waals surface area contributed by atoms with Gasteiger partial charge in [0.15, 0.2) is 0 Å². The fourth-order valence-corrected chi connectivity index (χ4v) is 6.17. The summed E-state index contributed by atoms with van der Waals surface area (Å²) in [4.78, 5) is 21.7. The van der Waals surface area contributed by atoms with Crippen LogP contribution in [0.2, 0.25) is 5.02 Å². The number of nitrogens with two attached hydrogens (primary N) is 1. The van der Waals surface area contributed by atoms with Gasteiger partial charge < -0.3 is 10.6 Å². The number of halogens is 1. The maximum atomic E-state index is 13.3. The molecule has 0 saturated carbocycles. The summed E-state index contributed by atoms with van der Waals surface area (Å²) in [6.07, 6.45) is 1.56. The SMILES string of the molecule is NCc1cc(C(=O)N2CCN(Cc3cccc(Cl)c3)CC2)ccc1NS(=O)(=O)c1cccc2cccnc12. The Morgan fingerprint density at radius 3 is 2.50 bits per heavy atom. The molecule has 3 aromatic carbocycles. The van der Waals surface area contributed by atoms with Crippen molar-refractivity contribution in [2.45, 2.75) is 18.0 Å². The Hall–Kier alpha value is -3.50. The van der Waals surface area contributed by atoms with Crippen LogP contribution in [-0.2, 0) is 23.1 Å². The Morgan fingerprint density at radius 1 is 0.974 bits per heavy atom. The van der Waals surface area contributed by atoms with E-state index in [1.165, 1.54) is 6.07 Å². The second-order valence-corrected chi connectivity index (χ2v) is 11.3. The number of nitrogens with one attached hydrogen (secondary N) is 1. The van der Waals surface area contributed by atoms with Gasteiger partial charge in [-0.25, -0.2) is 8.42 Å². The first-order valence-corrected chi connectivity index (χ1v) is 14.2. The minimum absolute atomic E-state index is 0.0696. The molecule has 0 atom stereocenters. The highest BCUT2D eigenvalue weighted by Crippen LogP contribution is 2.26. The molecule has 5 rings (SSSR count). The molecule has 1 fully saturated rings. The molecule has 0 bridgehead atoms. The van der Waals surface area contributed by atoms with E-state index in [-0.39, 0.29) is 17.3 Å².